The lowest BCUT2D eigenvalue weighted by Crippen LogP contribution is -2.30. The summed E-state index contributed by atoms with van der Waals surface area (Å²) in [6.45, 7) is 5.64. The van der Waals surface area contributed by atoms with Crippen molar-refractivity contribution in [2.24, 2.45) is 11.8 Å². The van der Waals surface area contributed by atoms with Crippen LogP contribution in [-0.4, -0.2) is 18.4 Å². The summed E-state index contributed by atoms with van der Waals surface area (Å²) in [7, 11) is 0. The van der Waals surface area contributed by atoms with Crippen LogP contribution in [0.4, 0.5) is 0 Å². The third kappa shape index (κ3) is 3.57. The van der Waals surface area contributed by atoms with E-state index in [4.69, 9.17) is 16.3 Å². The lowest BCUT2D eigenvalue weighted by atomic mass is 9.88. The van der Waals surface area contributed by atoms with E-state index < -0.39 is 11.9 Å². The summed E-state index contributed by atoms with van der Waals surface area (Å²) in [4.78, 5) is 24.1. The van der Waals surface area contributed by atoms with Crippen LogP contribution in [0, 0.1) is 11.8 Å². The quantitative estimate of drug-likeness (QED) is 0.467. The largest absolute Gasteiger partial charge is 0.465 e. The molecule has 3 nitrogen and oxygen atoms in total. The number of rotatable bonds is 5. The number of ether oxygens (including phenoxy) is 1. The minimum Gasteiger partial charge on any atom is -0.465 e. The predicted molar refractivity (Wildman–Crippen MR) is 70.7 cm³/mol. The maximum Gasteiger partial charge on any atom is 0.317 e. The van der Waals surface area contributed by atoms with Gasteiger partial charge in [0.05, 0.1) is 6.61 Å². The molecule has 0 saturated heterocycles. The predicted octanol–water partition coefficient (Wildman–Crippen LogP) is 3.36. The Labute approximate surface area is 112 Å². The number of carbonyl (C=O) groups is 2. The molecule has 18 heavy (non-hydrogen) atoms. The van der Waals surface area contributed by atoms with Gasteiger partial charge in [-0.1, -0.05) is 37.6 Å². The smallest absolute Gasteiger partial charge is 0.317 e. The van der Waals surface area contributed by atoms with Gasteiger partial charge in [-0.25, -0.2) is 0 Å². The lowest BCUT2D eigenvalue weighted by Gasteiger charge is -2.17. The Morgan fingerprint density at radius 2 is 2.00 bits per heavy atom. The number of benzene rings is 1. The van der Waals surface area contributed by atoms with Crippen LogP contribution in [0.15, 0.2) is 24.3 Å². The monoisotopic (exact) mass is 268 g/mol. The van der Waals surface area contributed by atoms with E-state index in [0.29, 0.717) is 10.6 Å². The van der Waals surface area contributed by atoms with E-state index in [1.807, 2.05) is 13.8 Å². The Kier molecular flexibility index (Phi) is 5.35. The molecular weight excluding hydrogens is 252 g/mol. The van der Waals surface area contributed by atoms with Crippen molar-refractivity contribution in [3.63, 3.8) is 0 Å². The Hall–Kier alpha value is -1.35. The third-order valence-electron chi connectivity index (χ3n) is 2.60. The molecule has 0 aliphatic carbocycles. The van der Waals surface area contributed by atoms with Crippen molar-refractivity contribution in [3.05, 3.63) is 34.9 Å². The van der Waals surface area contributed by atoms with Crippen molar-refractivity contribution >= 4 is 23.4 Å². The molecule has 0 aliphatic heterocycles. The highest BCUT2D eigenvalue weighted by Crippen LogP contribution is 2.21. The van der Waals surface area contributed by atoms with E-state index in [1.165, 1.54) is 0 Å². The van der Waals surface area contributed by atoms with E-state index in [2.05, 4.69) is 0 Å². The summed E-state index contributed by atoms with van der Waals surface area (Å²) >= 11 is 5.85. The van der Waals surface area contributed by atoms with Crippen molar-refractivity contribution in [2.75, 3.05) is 6.61 Å². The van der Waals surface area contributed by atoms with Gasteiger partial charge < -0.3 is 4.74 Å². The van der Waals surface area contributed by atoms with E-state index in [0.717, 1.165) is 0 Å². The Morgan fingerprint density at radius 3 is 2.50 bits per heavy atom. The van der Waals surface area contributed by atoms with Gasteiger partial charge in [0.1, 0.15) is 5.92 Å². The van der Waals surface area contributed by atoms with Crippen molar-refractivity contribution in [2.45, 2.75) is 20.8 Å². The van der Waals surface area contributed by atoms with Gasteiger partial charge in [0.15, 0.2) is 5.78 Å². The van der Waals surface area contributed by atoms with E-state index in [9.17, 15) is 9.59 Å². The summed E-state index contributed by atoms with van der Waals surface area (Å²) in [6, 6.07) is 6.60. The summed E-state index contributed by atoms with van der Waals surface area (Å²) < 4.78 is 4.95. The van der Waals surface area contributed by atoms with Crippen LogP contribution in [0.5, 0.6) is 0 Å². The Bertz CT molecular complexity index is 440. The highest BCUT2D eigenvalue weighted by Gasteiger charge is 2.31. The standard InChI is InChI=1S/C14H17ClO3/c1-4-18-14(17)12(9(2)3)13(16)10-6-5-7-11(15)8-10/h5-9,12H,4H2,1-3H3. The third-order valence-corrected chi connectivity index (χ3v) is 2.83. The van der Waals surface area contributed by atoms with Crippen LogP contribution in [0.3, 0.4) is 0 Å². The first-order valence-electron chi connectivity index (χ1n) is 5.93. The van der Waals surface area contributed by atoms with Gasteiger partial charge in [0, 0.05) is 10.6 Å². The summed E-state index contributed by atoms with van der Waals surface area (Å²) in [5.41, 5.74) is 0.439. The van der Waals surface area contributed by atoms with Gasteiger partial charge >= 0.3 is 5.97 Å². The second kappa shape index (κ2) is 6.55. The molecule has 4 heteroatoms. The molecule has 0 amide bonds. The molecule has 0 bridgehead atoms. The number of Topliss-reactive ketones (excluding diaryl/α,β-unsaturated/α-hetero) is 1. The molecule has 0 fully saturated rings. The highest BCUT2D eigenvalue weighted by atomic mass is 35.5. The average Bonchev–Trinajstić information content (AvgIpc) is 2.28. The fourth-order valence-corrected chi connectivity index (χ4v) is 1.93. The van der Waals surface area contributed by atoms with Crippen molar-refractivity contribution in [1.29, 1.82) is 0 Å². The molecule has 0 aliphatic rings. The van der Waals surface area contributed by atoms with Gasteiger partial charge in [0.2, 0.25) is 0 Å². The first kappa shape index (κ1) is 14.7. The minimum atomic E-state index is -0.775. The zero-order valence-corrected chi connectivity index (χ0v) is 11.5. The molecule has 0 aromatic heterocycles. The second-order valence-electron chi connectivity index (χ2n) is 4.35. The number of carbonyl (C=O) groups excluding carboxylic acids is 2. The number of halogens is 1. The molecule has 1 aromatic rings. The van der Waals surface area contributed by atoms with Gasteiger partial charge in [-0.05, 0) is 25.0 Å². The molecule has 1 rings (SSSR count). The van der Waals surface area contributed by atoms with E-state index >= 15 is 0 Å². The number of esters is 1. The van der Waals surface area contributed by atoms with Crippen molar-refractivity contribution < 1.29 is 14.3 Å². The van der Waals surface area contributed by atoms with Crippen LogP contribution in [0.25, 0.3) is 0 Å². The molecular formula is C14H17ClO3. The zero-order valence-electron chi connectivity index (χ0n) is 10.8. The summed E-state index contributed by atoms with van der Waals surface area (Å²) in [5.74, 6) is -1.61. The van der Waals surface area contributed by atoms with Gasteiger partial charge in [-0.3, -0.25) is 9.59 Å². The van der Waals surface area contributed by atoms with Crippen LogP contribution < -0.4 is 0 Å². The summed E-state index contributed by atoms with van der Waals surface area (Å²) in [5, 5.41) is 0.479. The normalized spacial score (nSPS) is 12.3. The van der Waals surface area contributed by atoms with Gasteiger partial charge in [-0.15, -0.1) is 0 Å². The van der Waals surface area contributed by atoms with Crippen LogP contribution in [0.1, 0.15) is 31.1 Å². The van der Waals surface area contributed by atoms with E-state index in [-0.39, 0.29) is 18.3 Å². The fraction of sp³-hybridized carbons (Fsp3) is 0.429. The van der Waals surface area contributed by atoms with Gasteiger partial charge in [-0.2, -0.15) is 0 Å². The molecule has 0 heterocycles. The topological polar surface area (TPSA) is 43.4 Å². The molecule has 1 aromatic carbocycles. The Morgan fingerprint density at radius 1 is 1.33 bits per heavy atom. The maximum atomic E-state index is 12.3. The molecule has 1 atom stereocenters. The second-order valence-corrected chi connectivity index (χ2v) is 4.78. The Balaban J connectivity index is 3.00. The first-order chi connectivity index (χ1) is 8.47. The van der Waals surface area contributed by atoms with Gasteiger partial charge in [0.25, 0.3) is 0 Å². The molecule has 0 saturated carbocycles. The SMILES string of the molecule is CCOC(=O)C(C(=O)c1cccc(Cl)c1)C(C)C. The van der Waals surface area contributed by atoms with Crippen molar-refractivity contribution in [1.82, 2.24) is 0 Å². The van der Waals surface area contributed by atoms with Crippen LogP contribution >= 0.6 is 11.6 Å². The first-order valence-corrected chi connectivity index (χ1v) is 6.31. The van der Waals surface area contributed by atoms with E-state index in [1.54, 1.807) is 31.2 Å². The van der Waals surface area contributed by atoms with Crippen molar-refractivity contribution in [3.8, 4) is 0 Å². The average molecular weight is 269 g/mol. The highest BCUT2D eigenvalue weighted by molar-refractivity contribution is 6.31. The lowest BCUT2D eigenvalue weighted by molar-refractivity contribution is -0.147. The maximum absolute atomic E-state index is 12.3. The fourth-order valence-electron chi connectivity index (χ4n) is 1.74. The molecule has 98 valence electrons. The molecule has 0 radical (unpaired) electrons. The minimum absolute atomic E-state index is 0.115. The van der Waals surface area contributed by atoms with Crippen LogP contribution in [-0.2, 0) is 9.53 Å². The zero-order chi connectivity index (χ0) is 13.7. The molecule has 1 unspecified atom stereocenters. The number of ketones is 1. The summed E-state index contributed by atoms with van der Waals surface area (Å²) in [6.07, 6.45) is 0. The number of hydrogen-bond acceptors (Lipinski definition) is 3. The molecule has 0 N–H and O–H groups in total. The number of hydrogen-bond donors (Lipinski definition) is 0. The van der Waals surface area contributed by atoms with Crippen LogP contribution in [0.2, 0.25) is 5.02 Å². The molecule has 0 spiro atoms.